The molecule has 0 radical (unpaired) electrons. The number of carbonyl (C=O) groups is 2. The van der Waals surface area contributed by atoms with Crippen LogP contribution in [-0.2, 0) is 19.7 Å². The van der Waals surface area contributed by atoms with Crippen molar-refractivity contribution >= 4 is 33.3 Å². The zero-order valence-electron chi connectivity index (χ0n) is 20.7. The Hall–Kier alpha value is -3.10. The summed E-state index contributed by atoms with van der Waals surface area (Å²) in [6, 6.07) is 9.52. The van der Waals surface area contributed by atoms with Gasteiger partial charge in [-0.1, -0.05) is 29.3 Å². The van der Waals surface area contributed by atoms with Gasteiger partial charge in [0.25, 0.3) is 0 Å². The van der Waals surface area contributed by atoms with Gasteiger partial charge in [-0.15, -0.1) is 0 Å². The van der Waals surface area contributed by atoms with Crippen LogP contribution in [0.3, 0.4) is 0 Å². The molecule has 9 heteroatoms. The molecule has 3 aliphatic rings. The van der Waals surface area contributed by atoms with Gasteiger partial charge >= 0.3 is 10.1 Å². The number of dihydropyridines is 1. The normalized spacial score (nSPS) is 18.4. The Balaban J connectivity index is 1.62. The minimum absolute atomic E-state index is 0.0000289. The van der Waals surface area contributed by atoms with E-state index in [1.807, 2.05) is 6.92 Å². The number of ketones is 2. The summed E-state index contributed by atoms with van der Waals surface area (Å²) in [5.74, 6) is -0.587. The van der Waals surface area contributed by atoms with Crippen LogP contribution >= 0.6 is 11.6 Å². The molecule has 0 bridgehead atoms. The molecule has 2 aromatic carbocycles. The van der Waals surface area contributed by atoms with Gasteiger partial charge in [0.1, 0.15) is 4.90 Å². The number of benzene rings is 2. The topological polar surface area (TPSA) is 98.8 Å². The smallest absolute Gasteiger partial charge is 0.339 e. The van der Waals surface area contributed by atoms with Crippen molar-refractivity contribution < 1.29 is 26.9 Å². The maximum absolute atomic E-state index is 13.1. The molecule has 0 fully saturated rings. The Bertz CT molecular complexity index is 1410. The van der Waals surface area contributed by atoms with Gasteiger partial charge in [-0.3, -0.25) is 9.59 Å². The van der Waals surface area contributed by atoms with Crippen molar-refractivity contribution in [1.29, 1.82) is 0 Å². The number of allylic oxidation sites excluding steroid dienone is 4. The molecule has 1 aliphatic heterocycles. The molecule has 0 atom stereocenters. The number of aryl methyl sites for hydroxylation is 1. The van der Waals surface area contributed by atoms with Gasteiger partial charge < -0.3 is 14.2 Å². The molecule has 0 spiro atoms. The van der Waals surface area contributed by atoms with Gasteiger partial charge in [-0.25, -0.2) is 0 Å². The first kappa shape index (κ1) is 25.5. The van der Waals surface area contributed by atoms with Gasteiger partial charge in [-0.05, 0) is 69.4 Å². The first-order valence-electron chi connectivity index (χ1n) is 12.5. The fourth-order valence-corrected chi connectivity index (χ4v) is 6.54. The van der Waals surface area contributed by atoms with Crippen LogP contribution in [0.5, 0.6) is 11.5 Å². The third kappa shape index (κ3) is 4.80. The number of hydrogen-bond donors (Lipinski definition) is 1. The zero-order valence-corrected chi connectivity index (χ0v) is 22.3. The molecule has 5 rings (SSSR count). The van der Waals surface area contributed by atoms with E-state index in [0.29, 0.717) is 29.6 Å². The molecule has 2 aromatic rings. The van der Waals surface area contributed by atoms with Crippen LogP contribution in [0.25, 0.3) is 0 Å². The van der Waals surface area contributed by atoms with Gasteiger partial charge in [0.15, 0.2) is 17.3 Å². The highest BCUT2D eigenvalue weighted by Crippen LogP contribution is 2.48. The standard InChI is InChI=1S/C28H28ClNO6S/c1-3-35-24-15-17(14-19(29)28(24)36-37(33,34)18-12-10-16(2)11-13-18)25-26-20(6-4-8-22(26)31)30-21-7-5-9-23(32)27(21)25/h10-15,25,30H,3-9H2,1-2H3. The lowest BCUT2D eigenvalue weighted by molar-refractivity contribution is -0.117. The summed E-state index contributed by atoms with van der Waals surface area (Å²) in [6.45, 7) is 3.85. The van der Waals surface area contributed by atoms with Crippen molar-refractivity contribution in [2.75, 3.05) is 6.61 Å². The van der Waals surface area contributed by atoms with Gasteiger partial charge in [0.2, 0.25) is 5.75 Å². The van der Waals surface area contributed by atoms with Crippen LogP contribution in [0.2, 0.25) is 5.02 Å². The molecular formula is C28H28ClNO6S. The van der Waals surface area contributed by atoms with E-state index in [4.69, 9.17) is 20.5 Å². The van der Waals surface area contributed by atoms with E-state index in [1.165, 1.54) is 12.1 Å². The molecule has 0 aromatic heterocycles. The highest BCUT2D eigenvalue weighted by atomic mass is 35.5. The molecule has 194 valence electrons. The highest BCUT2D eigenvalue weighted by Gasteiger charge is 2.41. The zero-order chi connectivity index (χ0) is 26.3. The quantitative estimate of drug-likeness (QED) is 0.481. The van der Waals surface area contributed by atoms with Crippen LogP contribution in [-0.4, -0.2) is 26.6 Å². The monoisotopic (exact) mass is 541 g/mol. The maximum Gasteiger partial charge on any atom is 0.339 e. The summed E-state index contributed by atoms with van der Waals surface area (Å²) in [4.78, 5) is 26.2. The average Bonchev–Trinajstić information content (AvgIpc) is 2.85. The summed E-state index contributed by atoms with van der Waals surface area (Å²) in [7, 11) is -4.19. The fraction of sp³-hybridized carbons (Fsp3) is 0.357. The number of rotatable bonds is 6. The Kier molecular flexibility index (Phi) is 6.89. The largest absolute Gasteiger partial charge is 0.490 e. The Labute approximate surface area is 221 Å². The van der Waals surface area contributed by atoms with Crippen LogP contribution in [0.1, 0.15) is 62.5 Å². The number of Topliss-reactive ketones (excluding diaryl/α,β-unsaturated/α-hetero) is 2. The van der Waals surface area contributed by atoms with Crippen LogP contribution in [0, 0.1) is 6.92 Å². The second-order valence-corrected chi connectivity index (χ2v) is 11.5. The number of ether oxygens (including phenoxy) is 1. The van der Waals surface area contributed by atoms with Crippen LogP contribution < -0.4 is 14.2 Å². The molecule has 37 heavy (non-hydrogen) atoms. The molecular weight excluding hydrogens is 514 g/mol. The first-order chi connectivity index (χ1) is 17.7. The molecule has 0 amide bonds. The first-order valence-corrected chi connectivity index (χ1v) is 14.2. The predicted molar refractivity (Wildman–Crippen MR) is 139 cm³/mol. The molecule has 1 heterocycles. The fourth-order valence-electron chi connectivity index (χ4n) is 5.28. The molecule has 0 saturated carbocycles. The lowest BCUT2D eigenvalue weighted by atomic mass is 9.71. The number of carbonyl (C=O) groups excluding carboxylic acids is 2. The van der Waals surface area contributed by atoms with Crippen molar-refractivity contribution in [2.45, 2.75) is 63.2 Å². The Morgan fingerprint density at radius 1 is 0.946 bits per heavy atom. The summed E-state index contributed by atoms with van der Waals surface area (Å²) >= 11 is 6.64. The van der Waals surface area contributed by atoms with Crippen LogP contribution in [0.15, 0.2) is 63.8 Å². The molecule has 7 nitrogen and oxygen atoms in total. The van der Waals surface area contributed by atoms with E-state index in [2.05, 4.69) is 5.32 Å². The second-order valence-electron chi connectivity index (χ2n) is 9.51. The van der Waals surface area contributed by atoms with Crippen molar-refractivity contribution in [3.8, 4) is 11.5 Å². The summed E-state index contributed by atoms with van der Waals surface area (Å²) < 4.78 is 37.3. The van der Waals surface area contributed by atoms with Crippen LogP contribution in [0.4, 0.5) is 0 Å². The van der Waals surface area contributed by atoms with E-state index in [1.54, 1.807) is 31.2 Å². The van der Waals surface area contributed by atoms with Crippen molar-refractivity contribution in [2.24, 2.45) is 0 Å². The van der Waals surface area contributed by atoms with Crippen molar-refractivity contribution in [1.82, 2.24) is 5.32 Å². The van der Waals surface area contributed by atoms with E-state index in [9.17, 15) is 18.0 Å². The number of hydrogen-bond acceptors (Lipinski definition) is 7. The third-order valence-corrected chi connectivity index (χ3v) is 8.48. The van der Waals surface area contributed by atoms with Gasteiger partial charge in [-0.2, -0.15) is 8.42 Å². The summed E-state index contributed by atoms with van der Waals surface area (Å²) in [5.41, 5.74) is 4.38. The van der Waals surface area contributed by atoms with E-state index < -0.39 is 16.0 Å². The summed E-state index contributed by atoms with van der Waals surface area (Å²) in [6.07, 6.45) is 3.78. The maximum atomic E-state index is 13.1. The van der Waals surface area contributed by atoms with Gasteiger partial charge in [0.05, 0.1) is 11.6 Å². The number of halogens is 1. The molecule has 0 unspecified atom stereocenters. The van der Waals surface area contributed by atoms with Crippen molar-refractivity contribution in [3.63, 3.8) is 0 Å². The third-order valence-electron chi connectivity index (χ3n) is 6.96. The van der Waals surface area contributed by atoms with E-state index in [0.717, 1.165) is 42.6 Å². The van der Waals surface area contributed by atoms with E-state index >= 15 is 0 Å². The lowest BCUT2D eigenvalue weighted by Crippen LogP contribution is -2.36. The highest BCUT2D eigenvalue weighted by molar-refractivity contribution is 7.87. The average molecular weight is 542 g/mol. The second kappa shape index (κ2) is 9.99. The molecule has 2 aliphatic carbocycles. The SMILES string of the molecule is CCOc1cc(C2C3=C(CCCC3=O)NC3=C2C(=O)CCC3)cc(Cl)c1OS(=O)(=O)c1ccc(C)cc1. The minimum Gasteiger partial charge on any atom is -0.490 e. The lowest BCUT2D eigenvalue weighted by Gasteiger charge is -2.37. The van der Waals surface area contributed by atoms with E-state index in [-0.39, 0.29) is 39.6 Å². The Morgan fingerprint density at radius 3 is 2.11 bits per heavy atom. The molecule has 0 saturated heterocycles. The number of nitrogens with one attached hydrogen (secondary N) is 1. The Morgan fingerprint density at radius 2 is 1.54 bits per heavy atom. The van der Waals surface area contributed by atoms with Crippen molar-refractivity contribution in [3.05, 3.63) is 75.1 Å². The summed E-state index contributed by atoms with van der Waals surface area (Å²) in [5, 5.41) is 3.41. The predicted octanol–water partition coefficient (Wildman–Crippen LogP) is 5.52. The van der Waals surface area contributed by atoms with Gasteiger partial charge in [0, 0.05) is 41.3 Å². The molecule has 1 N–H and O–H groups in total. The minimum atomic E-state index is -4.19.